The van der Waals surface area contributed by atoms with E-state index >= 15 is 0 Å². The van der Waals surface area contributed by atoms with E-state index in [1.54, 1.807) is 0 Å². The maximum absolute atomic E-state index is 10.3. The van der Waals surface area contributed by atoms with E-state index in [2.05, 4.69) is 26.5 Å². The van der Waals surface area contributed by atoms with E-state index in [9.17, 15) is 15.3 Å². The minimum absolute atomic E-state index is 0.0392. The molecule has 0 aromatic carbocycles. The monoisotopic (exact) mass is 252 g/mol. The molecule has 0 aromatic rings. The zero-order chi connectivity index (χ0) is 13.4. The van der Waals surface area contributed by atoms with Crippen LogP contribution in [0.5, 0.6) is 0 Å². The summed E-state index contributed by atoms with van der Waals surface area (Å²) in [6.07, 6.45) is 2.35. The van der Waals surface area contributed by atoms with Crippen LogP contribution in [0.2, 0.25) is 0 Å². The highest BCUT2D eigenvalue weighted by Gasteiger charge is 2.46. The summed E-state index contributed by atoms with van der Waals surface area (Å²) < 4.78 is 0. The van der Waals surface area contributed by atoms with Crippen molar-refractivity contribution in [3.05, 3.63) is 23.8 Å². The largest absolute Gasteiger partial charge is 0.392 e. The summed E-state index contributed by atoms with van der Waals surface area (Å²) in [6, 6.07) is 0. The third-order valence-electron chi connectivity index (χ3n) is 4.66. The van der Waals surface area contributed by atoms with Crippen LogP contribution in [-0.4, -0.2) is 34.1 Å². The number of allylic oxidation sites excluding steroid dienone is 1. The molecule has 0 unspecified atom stereocenters. The molecule has 102 valence electrons. The van der Waals surface area contributed by atoms with E-state index in [0.29, 0.717) is 5.92 Å². The van der Waals surface area contributed by atoms with Crippen molar-refractivity contribution in [3.63, 3.8) is 0 Å². The Morgan fingerprint density at radius 3 is 2.61 bits per heavy atom. The van der Waals surface area contributed by atoms with Gasteiger partial charge in [0.25, 0.3) is 0 Å². The molecular weight excluding hydrogens is 228 g/mol. The summed E-state index contributed by atoms with van der Waals surface area (Å²) in [5, 5.41) is 29.7. The summed E-state index contributed by atoms with van der Waals surface area (Å²) in [5.41, 5.74) is 1.82. The fourth-order valence-corrected chi connectivity index (χ4v) is 3.66. The van der Waals surface area contributed by atoms with Gasteiger partial charge in [0.1, 0.15) is 6.10 Å². The van der Waals surface area contributed by atoms with Crippen LogP contribution < -0.4 is 0 Å². The molecule has 2 rings (SSSR count). The zero-order valence-electron chi connectivity index (χ0n) is 11.2. The van der Waals surface area contributed by atoms with Crippen molar-refractivity contribution in [1.82, 2.24) is 0 Å². The summed E-state index contributed by atoms with van der Waals surface area (Å²) in [7, 11) is 0. The Morgan fingerprint density at radius 1 is 1.39 bits per heavy atom. The summed E-state index contributed by atoms with van der Waals surface area (Å²) in [5.74, 6) is 0.778. The van der Waals surface area contributed by atoms with Gasteiger partial charge in [-0.05, 0) is 47.7 Å². The average molecular weight is 252 g/mol. The van der Waals surface area contributed by atoms with Gasteiger partial charge in [-0.15, -0.1) is 0 Å². The van der Waals surface area contributed by atoms with Crippen molar-refractivity contribution in [3.8, 4) is 0 Å². The van der Waals surface area contributed by atoms with Crippen LogP contribution in [-0.2, 0) is 0 Å². The van der Waals surface area contributed by atoms with Gasteiger partial charge in [-0.25, -0.2) is 0 Å². The van der Waals surface area contributed by atoms with Crippen LogP contribution >= 0.6 is 0 Å². The first kappa shape index (κ1) is 13.8. The SMILES string of the molecule is C=C1[C@H]2CCC(CO)=C[C@@H]2[C@@H](C(C)C)[C@H](O)[C@H]1O. The van der Waals surface area contributed by atoms with Gasteiger partial charge in [0.05, 0.1) is 12.7 Å². The summed E-state index contributed by atoms with van der Waals surface area (Å²) in [4.78, 5) is 0. The predicted molar refractivity (Wildman–Crippen MR) is 70.9 cm³/mol. The Kier molecular flexibility index (Phi) is 3.95. The molecule has 0 heterocycles. The molecule has 0 bridgehead atoms. The molecule has 0 aromatic heterocycles. The molecule has 3 N–H and O–H groups in total. The summed E-state index contributed by atoms with van der Waals surface area (Å²) in [6.45, 7) is 8.22. The standard InChI is InChI=1S/C15H24O3/c1-8(2)13-12-6-10(7-16)4-5-11(12)9(3)14(17)15(13)18/h6,8,11-18H,3-5,7H2,1-2H3/t11-,12+,13-,14+,15+/m1/s1. The molecule has 1 saturated carbocycles. The molecule has 0 aliphatic heterocycles. The molecule has 0 radical (unpaired) electrons. The van der Waals surface area contributed by atoms with Gasteiger partial charge in [0.15, 0.2) is 0 Å². The van der Waals surface area contributed by atoms with Crippen molar-refractivity contribution in [2.75, 3.05) is 6.61 Å². The molecule has 2 aliphatic rings. The van der Waals surface area contributed by atoms with Crippen molar-refractivity contribution in [2.24, 2.45) is 23.7 Å². The molecule has 5 atom stereocenters. The predicted octanol–water partition coefficient (Wildman–Crippen LogP) is 1.50. The van der Waals surface area contributed by atoms with Crippen molar-refractivity contribution in [2.45, 2.75) is 38.9 Å². The second kappa shape index (κ2) is 5.16. The summed E-state index contributed by atoms with van der Waals surface area (Å²) >= 11 is 0. The molecule has 0 amide bonds. The minimum atomic E-state index is -0.803. The maximum Gasteiger partial charge on any atom is 0.101 e. The molecule has 0 saturated heterocycles. The van der Waals surface area contributed by atoms with E-state index < -0.39 is 12.2 Å². The van der Waals surface area contributed by atoms with Crippen LogP contribution in [0.25, 0.3) is 0 Å². The second-order valence-corrected chi connectivity index (χ2v) is 6.04. The van der Waals surface area contributed by atoms with Crippen molar-refractivity contribution in [1.29, 1.82) is 0 Å². The van der Waals surface area contributed by atoms with Gasteiger partial charge in [-0.3, -0.25) is 0 Å². The third kappa shape index (κ3) is 2.15. The molecular formula is C15H24O3. The number of fused-ring (bicyclic) bond motifs is 1. The van der Waals surface area contributed by atoms with Gasteiger partial charge < -0.3 is 15.3 Å². The lowest BCUT2D eigenvalue weighted by atomic mass is 9.60. The van der Waals surface area contributed by atoms with Crippen LogP contribution in [0.1, 0.15) is 26.7 Å². The quantitative estimate of drug-likeness (QED) is 0.653. The van der Waals surface area contributed by atoms with E-state index in [1.807, 2.05) is 0 Å². The fourth-order valence-electron chi connectivity index (χ4n) is 3.66. The van der Waals surface area contributed by atoms with Gasteiger partial charge in [-0.2, -0.15) is 0 Å². The van der Waals surface area contributed by atoms with Gasteiger partial charge in [0, 0.05) is 0 Å². The number of rotatable bonds is 2. The topological polar surface area (TPSA) is 60.7 Å². The Morgan fingerprint density at radius 2 is 2.06 bits per heavy atom. The molecule has 3 nitrogen and oxygen atoms in total. The highest BCUT2D eigenvalue weighted by atomic mass is 16.3. The minimum Gasteiger partial charge on any atom is -0.392 e. The molecule has 18 heavy (non-hydrogen) atoms. The van der Waals surface area contributed by atoms with Crippen molar-refractivity contribution < 1.29 is 15.3 Å². The molecule has 0 spiro atoms. The van der Waals surface area contributed by atoms with E-state index in [0.717, 1.165) is 24.0 Å². The van der Waals surface area contributed by atoms with Gasteiger partial charge in [0.2, 0.25) is 0 Å². The smallest absolute Gasteiger partial charge is 0.101 e. The van der Waals surface area contributed by atoms with Crippen LogP contribution in [0.3, 0.4) is 0 Å². The first-order valence-electron chi connectivity index (χ1n) is 6.82. The van der Waals surface area contributed by atoms with E-state index in [1.165, 1.54) is 0 Å². The third-order valence-corrected chi connectivity index (χ3v) is 4.66. The lowest BCUT2D eigenvalue weighted by molar-refractivity contribution is -0.0637. The van der Waals surface area contributed by atoms with Gasteiger partial charge in [-0.1, -0.05) is 26.5 Å². The van der Waals surface area contributed by atoms with E-state index in [-0.39, 0.29) is 24.4 Å². The van der Waals surface area contributed by atoms with E-state index in [4.69, 9.17) is 0 Å². The maximum atomic E-state index is 10.3. The van der Waals surface area contributed by atoms with Crippen molar-refractivity contribution >= 4 is 0 Å². The number of hydrogen-bond acceptors (Lipinski definition) is 3. The first-order chi connectivity index (χ1) is 8.47. The highest BCUT2D eigenvalue weighted by molar-refractivity contribution is 5.25. The Balaban J connectivity index is 2.36. The molecule has 1 fully saturated rings. The van der Waals surface area contributed by atoms with Crippen LogP contribution in [0, 0.1) is 23.7 Å². The zero-order valence-corrected chi connectivity index (χ0v) is 11.2. The lowest BCUT2D eigenvalue weighted by Crippen LogP contribution is -2.50. The normalized spacial score (nSPS) is 40.7. The lowest BCUT2D eigenvalue weighted by Gasteiger charge is -2.47. The average Bonchev–Trinajstić information content (AvgIpc) is 2.35. The highest BCUT2D eigenvalue weighted by Crippen LogP contribution is 2.47. The molecule has 3 heteroatoms. The fraction of sp³-hybridized carbons (Fsp3) is 0.733. The number of hydrogen-bond donors (Lipinski definition) is 3. The first-order valence-corrected chi connectivity index (χ1v) is 6.82. The van der Waals surface area contributed by atoms with Crippen LogP contribution in [0.4, 0.5) is 0 Å². The Hall–Kier alpha value is -0.640. The Bertz CT molecular complexity index is 359. The second-order valence-electron chi connectivity index (χ2n) is 6.04. The Labute approximate surface area is 109 Å². The number of aliphatic hydroxyl groups excluding tert-OH is 3. The van der Waals surface area contributed by atoms with Crippen LogP contribution in [0.15, 0.2) is 23.8 Å². The van der Waals surface area contributed by atoms with Gasteiger partial charge >= 0.3 is 0 Å². The number of aliphatic hydroxyl groups is 3. The molecule has 2 aliphatic carbocycles.